The Balaban J connectivity index is 1.93. The summed E-state index contributed by atoms with van der Waals surface area (Å²) < 4.78 is 16.6. The SMILES string of the molecule is CCOC(c1noc(COC2(C)CNC2)n1)C(C)C. The van der Waals surface area contributed by atoms with E-state index < -0.39 is 0 Å². The smallest absolute Gasteiger partial charge is 0.252 e. The highest BCUT2D eigenvalue weighted by molar-refractivity contribution is 4.94. The van der Waals surface area contributed by atoms with Gasteiger partial charge in [0.2, 0.25) is 5.82 Å². The lowest BCUT2D eigenvalue weighted by Crippen LogP contribution is -2.58. The summed E-state index contributed by atoms with van der Waals surface area (Å²) in [6, 6.07) is 0. The zero-order valence-electron chi connectivity index (χ0n) is 12.1. The lowest BCUT2D eigenvalue weighted by molar-refractivity contribution is -0.0841. The maximum atomic E-state index is 5.77. The Hall–Kier alpha value is -0.980. The molecule has 108 valence electrons. The van der Waals surface area contributed by atoms with Crippen LogP contribution in [0.5, 0.6) is 0 Å². The lowest BCUT2D eigenvalue weighted by Gasteiger charge is -2.38. The topological polar surface area (TPSA) is 69.4 Å². The summed E-state index contributed by atoms with van der Waals surface area (Å²) in [5.74, 6) is 1.42. The summed E-state index contributed by atoms with van der Waals surface area (Å²) in [5, 5.41) is 7.18. The van der Waals surface area contributed by atoms with Crippen LogP contribution < -0.4 is 5.32 Å². The molecule has 1 unspecified atom stereocenters. The highest BCUT2D eigenvalue weighted by Crippen LogP contribution is 2.24. The van der Waals surface area contributed by atoms with Crippen LogP contribution in [0, 0.1) is 5.92 Å². The van der Waals surface area contributed by atoms with Crippen LogP contribution in [-0.4, -0.2) is 35.4 Å². The van der Waals surface area contributed by atoms with E-state index in [1.165, 1.54) is 0 Å². The quantitative estimate of drug-likeness (QED) is 0.812. The highest BCUT2D eigenvalue weighted by atomic mass is 16.5. The third-order valence-corrected chi connectivity index (χ3v) is 3.23. The van der Waals surface area contributed by atoms with Crippen molar-refractivity contribution in [3.05, 3.63) is 11.7 Å². The molecule has 1 aromatic heterocycles. The van der Waals surface area contributed by atoms with Crippen LogP contribution in [0.2, 0.25) is 0 Å². The van der Waals surface area contributed by atoms with Crippen LogP contribution in [0.25, 0.3) is 0 Å². The van der Waals surface area contributed by atoms with E-state index >= 15 is 0 Å². The van der Waals surface area contributed by atoms with Crippen molar-refractivity contribution in [1.82, 2.24) is 15.5 Å². The fourth-order valence-electron chi connectivity index (χ4n) is 2.00. The minimum atomic E-state index is -0.122. The van der Waals surface area contributed by atoms with Crippen LogP contribution >= 0.6 is 0 Å². The number of aromatic nitrogens is 2. The van der Waals surface area contributed by atoms with Crippen molar-refractivity contribution in [3.8, 4) is 0 Å². The molecular formula is C13H23N3O3. The second-order valence-electron chi connectivity index (χ2n) is 5.51. The molecule has 1 N–H and O–H groups in total. The minimum absolute atomic E-state index is 0.105. The van der Waals surface area contributed by atoms with Crippen molar-refractivity contribution in [1.29, 1.82) is 0 Å². The average molecular weight is 269 g/mol. The number of hydrogen-bond acceptors (Lipinski definition) is 6. The van der Waals surface area contributed by atoms with Gasteiger partial charge < -0.3 is 19.3 Å². The van der Waals surface area contributed by atoms with Gasteiger partial charge in [-0.15, -0.1) is 0 Å². The second kappa shape index (κ2) is 5.98. The van der Waals surface area contributed by atoms with Crippen LogP contribution in [0.15, 0.2) is 4.52 Å². The molecule has 0 radical (unpaired) electrons. The van der Waals surface area contributed by atoms with Gasteiger partial charge in [0.15, 0.2) is 0 Å². The molecule has 19 heavy (non-hydrogen) atoms. The molecule has 6 nitrogen and oxygen atoms in total. The van der Waals surface area contributed by atoms with Crippen molar-refractivity contribution >= 4 is 0 Å². The molecule has 0 spiro atoms. The van der Waals surface area contributed by atoms with Gasteiger partial charge in [0.1, 0.15) is 12.7 Å². The van der Waals surface area contributed by atoms with Gasteiger partial charge in [-0.3, -0.25) is 0 Å². The van der Waals surface area contributed by atoms with Crippen LogP contribution in [0.4, 0.5) is 0 Å². The zero-order valence-corrected chi connectivity index (χ0v) is 12.1. The predicted molar refractivity (Wildman–Crippen MR) is 69.6 cm³/mol. The Labute approximate surface area is 113 Å². The number of nitrogens with zero attached hydrogens (tertiary/aromatic N) is 2. The number of rotatable bonds is 7. The van der Waals surface area contributed by atoms with Crippen LogP contribution in [-0.2, 0) is 16.1 Å². The van der Waals surface area contributed by atoms with Crippen molar-refractivity contribution in [2.45, 2.75) is 46.0 Å². The standard InChI is InChI=1S/C13H23N3O3/c1-5-17-11(9(2)3)12-15-10(19-16-12)6-18-13(4)7-14-8-13/h9,11,14H,5-8H2,1-4H3. The van der Waals surface area contributed by atoms with Gasteiger partial charge in [0.05, 0.1) is 5.60 Å². The fraction of sp³-hybridized carbons (Fsp3) is 0.846. The Kier molecular flexibility index (Phi) is 4.54. The zero-order chi connectivity index (χ0) is 13.9. The molecule has 0 amide bonds. The van der Waals surface area contributed by atoms with E-state index in [9.17, 15) is 0 Å². The molecule has 0 aliphatic carbocycles. The molecule has 0 saturated carbocycles. The van der Waals surface area contributed by atoms with Crippen molar-refractivity contribution in [2.24, 2.45) is 5.92 Å². The minimum Gasteiger partial charge on any atom is -0.370 e. The lowest BCUT2D eigenvalue weighted by atomic mass is 10.0. The first-order valence-corrected chi connectivity index (χ1v) is 6.83. The van der Waals surface area contributed by atoms with E-state index in [1.54, 1.807) is 0 Å². The van der Waals surface area contributed by atoms with E-state index in [0.717, 1.165) is 13.1 Å². The first-order chi connectivity index (χ1) is 9.04. The summed E-state index contributed by atoms with van der Waals surface area (Å²) in [5.41, 5.74) is -0.105. The Morgan fingerprint density at radius 2 is 2.16 bits per heavy atom. The third-order valence-electron chi connectivity index (χ3n) is 3.23. The predicted octanol–water partition coefficient (Wildman–Crippen LogP) is 1.68. The van der Waals surface area contributed by atoms with Crippen molar-refractivity contribution in [2.75, 3.05) is 19.7 Å². The van der Waals surface area contributed by atoms with Gasteiger partial charge in [0.25, 0.3) is 5.89 Å². The van der Waals surface area contributed by atoms with Crippen molar-refractivity contribution in [3.63, 3.8) is 0 Å². The maximum absolute atomic E-state index is 5.77. The Morgan fingerprint density at radius 1 is 1.42 bits per heavy atom. The summed E-state index contributed by atoms with van der Waals surface area (Å²) in [4.78, 5) is 4.36. The first-order valence-electron chi connectivity index (χ1n) is 6.83. The number of nitrogens with one attached hydrogen (secondary N) is 1. The molecule has 0 bridgehead atoms. The van der Waals surface area contributed by atoms with E-state index in [1.807, 2.05) is 6.92 Å². The van der Waals surface area contributed by atoms with Gasteiger partial charge in [0, 0.05) is 19.7 Å². The normalized spacial score (nSPS) is 19.4. The van der Waals surface area contributed by atoms with E-state index in [2.05, 4.69) is 36.2 Å². The molecule has 1 atom stereocenters. The summed E-state index contributed by atoms with van der Waals surface area (Å²) >= 11 is 0. The highest BCUT2D eigenvalue weighted by Gasteiger charge is 2.33. The second-order valence-corrected chi connectivity index (χ2v) is 5.51. The average Bonchev–Trinajstić information content (AvgIpc) is 2.79. The molecule has 1 saturated heterocycles. The molecule has 6 heteroatoms. The van der Waals surface area contributed by atoms with Gasteiger partial charge in [-0.05, 0) is 19.8 Å². The van der Waals surface area contributed by atoms with E-state index in [-0.39, 0.29) is 11.7 Å². The molecule has 2 rings (SSSR count). The van der Waals surface area contributed by atoms with Crippen LogP contribution in [0.1, 0.15) is 45.5 Å². The monoisotopic (exact) mass is 269 g/mol. The van der Waals surface area contributed by atoms with Gasteiger partial charge in [-0.1, -0.05) is 19.0 Å². The summed E-state index contributed by atoms with van der Waals surface area (Å²) in [7, 11) is 0. The Morgan fingerprint density at radius 3 is 2.68 bits per heavy atom. The number of ether oxygens (including phenoxy) is 2. The van der Waals surface area contributed by atoms with E-state index in [0.29, 0.717) is 30.8 Å². The summed E-state index contributed by atoms with van der Waals surface area (Å²) in [6.45, 7) is 10.9. The fourth-order valence-corrected chi connectivity index (χ4v) is 2.00. The van der Waals surface area contributed by atoms with E-state index in [4.69, 9.17) is 14.0 Å². The molecular weight excluding hydrogens is 246 g/mol. The van der Waals surface area contributed by atoms with Gasteiger partial charge >= 0.3 is 0 Å². The maximum Gasteiger partial charge on any atom is 0.252 e. The molecule has 1 aliphatic heterocycles. The third kappa shape index (κ3) is 3.52. The molecule has 0 aromatic carbocycles. The number of hydrogen-bond donors (Lipinski definition) is 1. The first kappa shape index (κ1) is 14.4. The van der Waals surface area contributed by atoms with Crippen LogP contribution in [0.3, 0.4) is 0 Å². The Bertz CT molecular complexity index is 402. The largest absolute Gasteiger partial charge is 0.370 e. The molecule has 2 heterocycles. The molecule has 1 fully saturated rings. The van der Waals surface area contributed by atoms with Gasteiger partial charge in [-0.25, -0.2) is 0 Å². The van der Waals surface area contributed by atoms with Crippen molar-refractivity contribution < 1.29 is 14.0 Å². The summed E-state index contributed by atoms with van der Waals surface area (Å²) in [6.07, 6.45) is -0.122. The molecule has 1 aliphatic rings. The molecule has 1 aromatic rings. The van der Waals surface area contributed by atoms with Gasteiger partial charge in [-0.2, -0.15) is 4.98 Å².